The van der Waals surface area contributed by atoms with Crippen molar-refractivity contribution in [3.05, 3.63) is 53.6 Å². The molecule has 0 unspecified atom stereocenters. The molecule has 2 aromatic rings. The van der Waals surface area contributed by atoms with Gasteiger partial charge in [0.15, 0.2) is 11.5 Å². The monoisotopic (exact) mass is 298 g/mol. The molecule has 22 heavy (non-hydrogen) atoms. The van der Waals surface area contributed by atoms with Crippen molar-refractivity contribution in [3.8, 4) is 11.5 Å². The third kappa shape index (κ3) is 3.31. The minimum Gasteiger partial charge on any atom is -0.454 e. The minimum atomic E-state index is 0.000852. The summed E-state index contributed by atoms with van der Waals surface area (Å²) in [5.41, 5.74) is 8.58. The molecule has 1 aliphatic heterocycles. The molecular weight excluding hydrogens is 280 g/mol. The fourth-order valence-electron chi connectivity index (χ4n) is 2.35. The summed E-state index contributed by atoms with van der Waals surface area (Å²) in [6.45, 7) is 0.726. The smallest absolute Gasteiger partial charge is 0.231 e. The molecule has 0 spiro atoms. The van der Waals surface area contributed by atoms with Crippen LogP contribution in [-0.4, -0.2) is 12.7 Å². The highest BCUT2D eigenvalue weighted by Crippen LogP contribution is 2.32. The number of nitrogen functional groups attached to an aromatic ring is 1. The lowest BCUT2D eigenvalue weighted by atomic mass is 10.1. The second-order valence-corrected chi connectivity index (χ2v) is 5.16. The van der Waals surface area contributed by atoms with Crippen LogP contribution in [0.25, 0.3) is 0 Å². The Morgan fingerprint density at radius 3 is 2.82 bits per heavy atom. The molecule has 0 aliphatic carbocycles. The zero-order valence-corrected chi connectivity index (χ0v) is 12.2. The predicted octanol–water partition coefficient (Wildman–Crippen LogP) is 2.25. The van der Waals surface area contributed by atoms with Gasteiger partial charge in [0.05, 0.1) is 0 Å². The van der Waals surface area contributed by atoms with Crippen molar-refractivity contribution in [2.45, 2.75) is 19.4 Å². The lowest BCUT2D eigenvalue weighted by Crippen LogP contribution is -2.23. The van der Waals surface area contributed by atoms with Crippen molar-refractivity contribution >= 4 is 11.6 Å². The molecule has 0 radical (unpaired) electrons. The molecule has 114 valence electrons. The lowest BCUT2D eigenvalue weighted by Gasteiger charge is -2.07. The average Bonchev–Trinajstić information content (AvgIpc) is 2.99. The molecule has 5 nitrogen and oxygen atoms in total. The Morgan fingerprint density at radius 2 is 1.95 bits per heavy atom. The van der Waals surface area contributed by atoms with Crippen LogP contribution >= 0.6 is 0 Å². The summed E-state index contributed by atoms with van der Waals surface area (Å²) in [7, 11) is 0. The van der Waals surface area contributed by atoms with Gasteiger partial charge in [0.25, 0.3) is 0 Å². The number of rotatable bonds is 5. The molecular formula is C17H18N2O3. The fourth-order valence-corrected chi connectivity index (χ4v) is 2.35. The largest absolute Gasteiger partial charge is 0.454 e. The third-order valence-corrected chi connectivity index (χ3v) is 3.60. The van der Waals surface area contributed by atoms with E-state index in [0.717, 1.165) is 28.3 Å². The van der Waals surface area contributed by atoms with Gasteiger partial charge in [0.2, 0.25) is 12.7 Å². The molecule has 1 heterocycles. The van der Waals surface area contributed by atoms with E-state index in [2.05, 4.69) is 5.32 Å². The summed E-state index contributed by atoms with van der Waals surface area (Å²) < 4.78 is 10.6. The summed E-state index contributed by atoms with van der Waals surface area (Å²) in [6, 6.07) is 13.3. The molecule has 0 saturated carbocycles. The molecule has 0 aromatic heterocycles. The van der Waals surface area contributed by atoms with Crippen LogP contribution in [0, 0.1) is 0 Å². The Bertz CT molecular complexity index is 685. The number of amides is 1. The molecule has 1 amide bonds. The van der Waals surface area contributed by atoms with Gasteiger partial charge in [-0.3, -0.25) is 4.79 Å². The van der Waals surface area contributed by atoms with E-state index in [1.807, 2.05) is 42.5 Å². The summed E-state index contributed by atoms with van der Waals surface area (Å²) in [5.74, 6) is 1.47. The standard InChI is InChI=1S/C17H18N2O3/c18-14-4-2-1-3-13(14)6-8-17(20)19-10-12-5-7-15-16(9-12)22-11-21-15/h1-5,7,9H,6,8,10-11,18H2,(H,19,20). The van der Waals surface area contributed by atoms with Gasteiger partial charge in [-0.2, -0.15) is 0 Å². The van der Waals surface area contributed by atoms with E-state index in [4.69, 9.17) is 15.2 Å². The van der Waals surface area contributed by atoms with E-state index in [9.17, 15) is 4.79 Å². The van der Waals surface area contributed by atoms with Crippen LogP contribution in [0.5, 0.6) is 11.5 Å². The molecule has 5 heteroatoms. The van der Waals surface area contributed by atoms with Crippen LogP contribution in [0.15, 0.2) is 42.5 Å². The van der Waals surface area contributed by atoms with Gasteiger partial charge < -0.3 is 20.5 Å². The van der Waals surface area contributed by atoms with Crippen molar-refractivity contribution in [1.29, 1.82) is 0 Å². The number of nitrogens with one attached hydrogen (secondary N) is 1. The van der Waals surface area contributed by atoms with Gasteiger partial charge in [-0.25, -0.2) is 0 Å². The Hall–Kier alpha value is -2.69. The number of fused-ring (bicyclic) bond motifs is 1. The summed E-state index contributed by atoms with van der Waals surface area (Å²) in [6.07, 6.45) is 1.05. The van der Waals surface area contributed by atoms with Crippen molar-refractivity contribution in [1.82, 2.24) is 5.32 Å². The number of hydrogen-bond acceptors (Lipinski definition) is 4. The van der Waals surface area contributed by atoms with Crippen molar-refractivity contribution in [2.24, 2.45) is 0 Å². The molecule has 0 bridgehead atoms. The average molecular weight is 298 g/mol. The van der Waals surface area contributed by atoms with Crippen LogP contribution in [0.1, 0.15) is 17.5 Å². The van der Waals surface area contributed by atoms with Crippen molar-refractivity contribution in [3.63, 3.8) is 0 Å². The number of ether oxygens (including phenoxy) is 2. The Balaban J connectivity index is 1.49. The third-order valence-electron chi connectivity index (χ3n) is 3.60. The van der Waals surface area contributed by atoms with Crippen molar-refractivity contribution < 1.29 is 14.3 Å². The maximum Gasteiger partial charge on any atom is 0.231 e. The number of benzene rings is 2. The van der Waals surface area contributed by atoms with Gasteiger partial charge in [-0.1, -0.05) is 24.3 Å². The summed E-state index contributed by atoms with van der Waals surface area (Å²) in [5, 5.41) is 2.90. The number of aryl methyl sites for hydroxylation is 1. The van der Waals surface area contributed by atoms with Crippen LogP contribution in [-0.2, 0) is 17.8 Å². The maximum absolute atomic E-state index is 11.9. The lowest BCUT2D eigenvalue weighted by molar-refractivity contribution is -0.121. The summed E-state index contributed by atoms with van der Waals surface area (Å²) in [4.78, 5) is 11.9. The van der Waals surface area contributed by atoms with Crippen LogP contribution in [0.2, 0.25) is 0 Å². The molecule has 3 rings (SSSR count). The number of carbonyl (C=O) groups excluding carboxylic acids is 1. The first-order valence-corrected chi connectivity index (χ1v) is 7.21. The highest BCUT2D eigenvalue weighted by molar-refractivity contribution is 5.76. The normalized spacial score (nSPS) is 12.2. The van der Waals surface area contributed by atoms with Gasteiger partial charge in [0.1, 0.15) is 0 Å². The van der Waals surface area contributed by atoms with E-state index in [1.54, 1.807) is 0 Å². The van der Waals surface area contributed by atoms with Crippen LogP contribution in [0.3, 0.4) is 0 Å². The fraction of sp³-hybridized carbons (Fsp3) is 0.235. The molecule has 0 saturated heterocycles. The van der Waals surface area contributed by atoms with Crippen LogP contribution < -0.4 is 20.5 Å². The molecule has 2 aromatic carbocycles. The molecule has 3 N–H and O–H groups in total. The van der Waals surface area contributed by atoms with E-state index >= 15 is 0 Å². The Labute approximate surface area is 129 Å². The quantitative estimate of drug-likeness (QED) is 0.830. The van der Waals surface area contributed by atoms with Gasteiger partial charge in [-0.05, 0) is 35.7 Å². The van der Waals surface area contributed by atoms with E-state index in [0.29, 0.717) is 19.4 Å². The van der Waals surface area contributed by atoms with E-state index in [1.165, 1.54) is 0 Å². The number of hydrogen-bond donors (Lipinski definition) is 2. The number of para-hydroxylation sites is 1. The molecule has 1 aliphatic rings. The van der Waals surface area contributed by atoms with E-state index < -0.39 is 0 Å². The second-order valence-electron chi connectivity index (χ2n) is 5.16. The van der Waals surface area contributed by atoms with Crippen LogP contribution in [0.4, 0.5) is 5.69 Å². The topological polar surface area (TPSA) is 73.6 Å². The number of anilines is 1. The first-order chi connectivity index (χ1) is 10.7. The number of carbonyl (C=O) groups is 1. The summed E-state index contributed by atoms with van der Waals surface area (Å²) >= 11 is 0. The maximum atomic E-state index is 11.9. The zero-order valence-electron chi connectivity index (χ0n) is 12.2. The van der Waals surface area contributed by atoms with Crippen molar-refractivity contribution in [2.75, 3.05) is 12.5 Å². The molecule has 0 fully saturated rings. The first-order valence-electron chi connectivity index (χ1n) is 7.21. The highest BCUT2D eigenvalue weighted by Gasteiger charge is 2.13. The number of nitrogens with two attached hydrogens (primary N) is 1. The van der Waals surface area contributed by atoms with Gasteiger partial charge in [0, 0.05) is 18.7 Å². The van der Waals surface area contributed by atoms with E-state index in [-0.39, 0.29) is 12.7 Å². The Morgan fingerprint density at radius 1 is 1.14 bits per heavy atom. The highest BCUT2D eigenvalue weighted by atomic mass is 16.7. The van der Waals surface area contributed by atoms with Gasteiger partial charge in [-0.15, -0.1) is 0 Å². The predicted molar refractivity (Wildman–Crippen MR) is 83.6 cm³/mol. The van der Waals surface area contributed by atoms with Gasteiger partial charge >= 0.3 is 0 Å². The minimum absolute atomic E-state index is 0.000852. The molecule has 0 atom stereocenters. The zero-order chi connectivity index (χ0) is 15.4. The second kappa shape index (κ2) is 6.39. The SMILES string of the molecule is Nc1ccccc1CCC(=O)NCc1ccc2c(c1)OCO2. The Kier molecular flexibility index (Phi) is 4.14. The first kappa shape index (κ1) is 14.3.